The number of para-hydroxylation sites is 1. The molecule has 1 fully saturated rings. The number of nitrogens with zero attached hydrogens (tertiary/aromatic N) is 1. The summed E-state index contributed by atoms with van der Waals surface area (Å²) in [7, 11) is -3.05. The Kier molecular flexibility index (Phi) is 5.59. The van der Waals surface area contributed by atoms with E-state index in [-0.39, 0.29) is 30.0 Å². The number of likely N-dealkylation sites (N-methyl/N-ethyl adjacent to an activating group) is 1. The molecule has 0 aromatic heterocycles. The van der Waals surface area contributed by atoms with E-state index in [4.69, 9.17) is 0 Å². The van der Waals surface area contributed by atoms with Gasteiger partial charge in [-0.15, -0.1) is 0 Å². The molecular weight excluding hydrogens is 318 g/mol. The third-order valence-electron chi connectivity index (χ3n) is 3.74. The van der Waals surface area contributed by atoms with Crippen LogP contribution in [0.5, 0.6) is 0 Å². The van der Waals surface area contributed by atoms with Gasteiger partial charge in [-0.2, -0.15) is 0 Å². The summed E-state index contributed by atoms with van der Waals surface area (Å²) in [5.74, 6) is -0.163. The summed E-state index contributed by atoms with van der Waals surface area (Å²) in [4.78, 5) is 25.5. The van der Waals surface area contributed by atoms with E-state index in [2.05, 4.69) is 10.6 Å². The fourth-order valence-corrected chi connectivity index (χ4v) is 4.34. The minimum atomic E-state index is -3.05. The van der Waals surface area contributed by atoms with Gasteiger partial charge in [0.05, 0.1) is 18.1 Å². The second-order valence-corrected chi connectivity index (χ2v) is 7.64. The summed E-state index contributed by atoms with van der Waals surface area (Å²) in [6.07, 6.45) is 0.456. The van der Waals surface area contributed by atoms with Crippen molar-refractivity contribution in [1.29, 1.82) is 0 Å². The van der Waals surface area contributed by atoms with Crippen LogP contribution in [-0.2, 0) is 14.6 Å². The van der Waals surface area contributed by atoms with Crippen molar-refractivity contribution < 1.29 is 18.0 Å². The van der Waals surface area contributed by atoms with Crippen LogP contribution < -0.4 is 10.6 Å². The number of hydrogen-bond donors (Lipinski definition) is 2. The predicted octanol–water partition coefficient (Wildman–Crippen LogP) is 0.844. The highest BCUT2D eigenvalue weighted by molar-refractivity contribution is 7.91. The maximum absolute atomic E-state index is 12.2. The second-order valence-electron chi connectivity index (χ2n) is 5.41. The number of carbonyl (C=O) groups is 2. The molecule has 126 valence electrons. The lowest BCUT2D eigenvalue weighted by atomic mass is 10.2. The van der Waals surface area contributed by atoms with E-state index in [1.165, 1.54) is 4.90 Å². The molecule has 8 heteroatoms. The third-order valence-corrected chi connectivity index (χ3v) is 5.49. The molecule has 0 aliphatic carbocycles. The molecule has 1 saturated heterocycles. The zero-order valence-corrected chi connectivity index (χ0v) is 13.8. The molecular formula is C15H21N3O4S. The summed E-state index contributed by atoms with van der Waals surface area (Å²) in [6, 6.07) is 8.13. The van der Waals surface area contributed by atoms with Crippen LogP contribution >= 0.6 is 0 Å². The fourth-order valence-electron chi connectivity index (χ4n) is 2.61. The summed E-state index contributed by atoms with van der Waals surface area (Å²) in [6.45, 7) is 2.05. The standard InChI is InChI=1S/C15H21N3O4S/c1-2-18(13-8-9-23(21,22)11-13)14(19)10-16-15(20)17-12-6-4-3-5-7-12/h3-7,13H,2,8-11H2,1H3,(H2,16,17,20). The number of benzene rings is 1. The zero-order valence-electron chi connectivity index (χ0n) is 13.0. The van der Waals surface area contributed by atoms with Crippen molar-refractivity contribution in [3.63, 3.8) is 0 Å². The van der Waals surface area contributed by atoms with E-state index in [1.54, 1.807) is 31.2 Å². The molecule has 1 aromatic carbocycles. The molecule has 0 radical (unpaired) electrons. The Morgan fingerprint density at radius 1 is 1.26 bits per heavy atom. The van der Waals surface area contributed by atoms with Gasteiger partial charge in [-0.25, -0.2) is 13.2 Å². The Balaban J connectivity index is 1.84. The summed E-state index contributed by atoms with van der Waals surface area (Å²) in [5.41, 5.74) is 0.631. The molecule has 2 N–H and O–H groups in total. The van der Waals surface area contributed by atoms with E-state index in [0.29, 0.717) is 18.7 Å². The van der Waals surface area contributed by atoms with Gasteiger partial charge in [0.25, 0.3) is 0 Å². The molecule has 0 saturated carbocycles. The van der Waals surface area contributed by atoms with Crippen molar-refractivity contribution in [2.45, 2.75) is 19.4 Å². The van der Waals surface area contributed by atoms with Gasteiger partial charge in [-0.05, 0) is 25.5 Å². The van der Waals surface area contributed by atoms with E-state index in [9.17, 15) is 18.0 Å². The zero-order chi connectivity index (χ0) is 16.9. The largest absolute Gasteiger partial charge is 0.337 e. The predicted molar refractivity (Wildman–Crippen MR) is 87.9 cm³/mol. The van der Waals surface area contributed by atoms with Crippen LogP contribution in [0.3, 0.4) is 0 Å². The maximum Gasteiger partial charge on any atom is 0.319 e. The number of hydrogen-bond acceptors (Lipinski definition) is 4. The molecule has 1 aliphatic rings. The van der Waals surface area contributed by atoms with Gasteiger partial charge in [0.15, 0.2) is 9.84 Å². The molecule has 2 rings (SSSR count). The molecule has 1 heterocycles. The molecule has 23 heavy (non-hydrogen) atoms. The molecule has 3 amide bonds. The highest BCUT2D eigenvalue weighted by Crippen LogP contribution is 2.17. The molecule has 0 spiro atoms. The van der Waals surface area contributed by atoms with Crippen LogP contribution in [0.15, 0.2) is 30.3 Å². The number of amides is 3. The van der Waals surface area contributed by atoms with Gasteiger partial charge in [-0.3, -0.25) is 4.79 Å². The number of urea groups is 1. The molecule has 1 atom stereocenters. The summed E-state index contributed by atoms with van der Waals surface area (Å²) < 4.78 is 23.1. The van der Waals surface area contributed by atoms with E-state index in [0.717, 1.165) is 0 Å². The average Bonchev–Trinajstić information content (AvgIpc) is 2.87. The first kappa shape index (κ1) is 17.3. The number of nitrogens with one attached hydrogen (secondary N) is 2. The quantitative estimate of drug-likeness (QED) is 0.831. The molecule has 7 nitrogen and oxygen atoms in total. The Bertz CT molecular complexity index is 661. The number of carbonyl (C=O) groups excluding carboxylic acids is 2. The Labute approximate surface area is 136 Å². The maximum atomic E-state index is 12.2. The van der Waals surface area contributed by atoms with Crippen LogP contribution in [0.25, 0.3) is 0 Å². The van der Waals surface area contributed by atoms with Gasteiger partial charge in [0.2, 0.25) is 5.91 Å². The number of sulfone groups is 1. The van der Waals surface area contributed by atoms with Crippen LogP contribution in [0.4, 0.5) is 10.5 Å². The first-order valence-corrected chi connectivity index (χ1v) is 9.33. The van der Waals surface area contributed by atoms with E-state index in [1.807, 2.05) is 6.07 Å². The smallest absolute Gasteiger partial charge is 0.319 e. The van der Waals surface area contributed by atoms with Crippen LogP contribution in [-0.4, -0.2) is 55.9 Å². The Hall–Kier alpha value is -2.09. The highest BCUT2D eigenvalue weighted by atomic mass is 32.2. The van der Waals surface area contributed by atoms with E-state index >= 15 is 0 Å². The van der Waals surface area contributed by atoms with Crippen molar-refractivity contribution in [3.05, 3.63) is 30.3 Å². The average molecular weight is 339 g/mol. The highest BCUT2D eigenvalue weighted by Gasteiger charge is 2.33. The van der Waals surface area contributed by atoms with Crippen molar-refractivity contribution in [2.75, 3.05) is 29.9 Å². The third kappa shape index (κ3) is 4.95. The van der Waals surface area contributed by atoms with Gasteiger partial charge in [0, 0.05) is 18.3 Å². The fraction of sp³-hybridized carbons (Fsp3) is 0.467. The number of rotatable bonds is 5. The lowest BCUT2D eigenvalue weighted by Crippen LogP contribution is -2.46. The lowest BCUT2D eigenvalue weighted by Gasteiger charge is -2.27. The first-order valence-electron chi connectivity index (χ1n) is 7.51. The van der Waals surface area contributed by atoms with E-state index < -0.39 is 15.9 Å². The minimum absolute atomic E-state index is 0.00277. The number of anilines is 1. The van der Waals surface area contributed by atoms with Gasteiger partial charge < -0.3 is 15.5 Å². The van der Waals surface area contributed by atoms with Crippen LogP contribution in [0, 0.1) is 0 Å². The van der Waals surface area contributed by atoms with Crippen LogP contribution in [0.1, 0.15) is 13.3 Å². The van der Waals surface area contributed by atoms with Crippen LogP contribution in [0.2, 0.25) is 0 Å². The Morgan fingerprint density at radius 3 is 2.52 bits per heavy atom. The van der Waals surface area contributed by atoms with Gasteiger partial charge >= 0.3 is 6.03 Å². The van der Waals surface area contributed by atoms with Crippen molar-refractivity contribution in [1.82, 2.24) is 10.2 Å². The first-order chi connectivity index (χ1) is 10.9. The van der Waals surface area contributed by atoms with Gasteiger partial charge in [0.1, 0.15) is 0 Å². The summed E-state index contributed by atoms with van der Waals surface area (Å²) in [5, 5.41) is 5.12. The van der Waals surface area contributed by atoms with Crippen molar-refractivity contribution in [2.24, 2.45) is 0 Å². The normalized spacial score (nSPS) is 19.1. The topological polar surface area (TPSA) is 95.6 Å². The molecule has 1 unspecified atom stereocenters. The summed E-state index contributed by atoms with van der Waals surface area (Å²) >= 11 is 0. The second kappa shape index (κ2) is 7.45. The van der Waals surface area contributed by atoms with Crippen molar-refractivity contribution in [3.8, 4) is 0 Å². The molecule has 1 aromatic rings. The lowest BCUT2D eigenvalue weighted by molar-refractivity contribution is -0.131. The molecule has 1 aliphatic heterocycles. The molecule has 0 bridgehead atoms. The monoisotopic (exact) mass is 339 g/mol. The minimum Gasteiger partial charge on any atom is -0.337 e. The van der Waals surface area contributed by atoms with Crippen molar-refractivity contribution >= 4 is 27.5 Å². The Morgan fingerprint density at radius 2 is 1.96 bits per heavy atom. The van der Waals surface area contributed by atoms with Gasteiger partial charge in [-0.1, -0.05) is 18.2 Å². The SMILES string of the molecule is CCN(C(=O)CNC(=O)Nc1ccccc1)C1CCS(=O)(=O)C1.